The van der Waals surface area contributed by atoms with Crippen molar-refractivity contribution in [3.8, 4) is 0 Å². The largest absolute Gasteiger partial charge is 0.301 e. The Labute approximate surface area is 94.0 Å². The highest BCUT2D eigenvalue weighted by Crippen LogP contribution is 2.20. The summed E-state index contributed by atoms with van der Waals surface area (Å²) in [7, 11) is -3.69. The number of hydrogen-bond acceptors (Lipinski definition) is 3. The van der Waals surface area contributed by atoms with E-state index in [2.05, 4.69) is 4.72 Å². The Hall–Kier alpha value is -1.40. The average Bonchev–Trinajstić information content (AvgIpc) is 2.15. The molecule has 0 radical (unpaired) electrons. The fourth-order valence-corrected chi connectivity index (χ4v) is 2.66. The normalized spacial score (nSPS) is 23.8. The molecular weight excluding hydrogens is 228 g/mol. The van der Waals surface area contributed by atoms with E-state index >= 15 is 0 Å². The maximum atomic E-state index is 11.3. The molecule has 1 atom stereocenters. The SMILES string of the molecule is Cc1ccc(C2CC(=O)NS(=O)(=O)N2)cc1. The van der Waals surface area contributed by atoms with Crippen LogP contribution in [0.5, 0.6) is 0 Å². The summed E-state index contributed by atoms with van der Waals surface area (Å²) in [5.41, 5.74) is 1.89. The van der Waals surface area contributed by atoms with Gasteiger partial charge in [-0.2, -0.15) is 13.1 Å². The second kappa shape index (κ2) is 3.88. The molecule has 0 aromatic heterocycles. The van der Waals surface area contributed by atoms with Crippen LogP contribution >= 0.6 is 0 Å². The number of nitrogens with one attached hydrogen (secondary N) is 2. The summed E-state index contributed by atoms with van der Waals surface area (Å²) < 4.78 is 26.8. The smallest absolute Gasteiger partial charge is 0.274 e. The van der Waals surface area contributed by atoms with Crippen LogP contribution in [0.4, 0.5) is 0 Å². The zero-order chi connectivity index (χ0) is 11.8. The van der Waals surface area contributed by atoms with Crippen LogP contribution in [0.1, 0.15) is 23.6 Å². The van der Waals surface area contributed by atoms with Gasteiger partial charge in [0.1, 0.15) is 0 Å². The first-order chi connectivity index (χ1) is 7.46. The van der Waals surface area contributed by atoms with E-state index in [1.54, 1.807) is 0 Å². The van der Waals surface area contributed by atoms with Crippen LogP contribution in [0.25, 0.3) is 0 Å². The molecule has 1 saturated heterocycles. The van der Waals surface area contributed by atoms with Crippen LogP contribution in [-0.2, 0) is 15.0 Å². The van der Waals surface area contributed by atoms with Crippen molar-refractivity contribution < 1.29 is 13.2 Å². The summed E-state index contributed by atoms with van der Waals surface area (Å²) in [5.74, 6) is -0.482. The van der Waals surface area contributed by atoms with Crippen LogP contribution in [0.3, 0.4) is 0 Å². The van der Waals surface area contributed by atoms with E-state index in [9.17, 15) is 13.2 Å². The Morgan fingerprint density at radius 2 is 1.88 bits per heavy atom. The van der Waals surface area contributed by atoms with Crippen molar-refractivity contribution in [2.24, 2.45) is 0 Å². The Bertz CT molecular complexity index is 507. The van der Waals surface area contributed by atoms with Crippen LogP contribution < -0.4 is 9.44 Å². The van der Waals surface area contributed by atoms with Gasteiger partial charge < -0.3 is 0 Å². The number of hydrogen-bond donors (Lipinski definition) is 2. The molecule has 6 heteroatoms. The average molecular weight is 240 g/mol. The van der Waals surface area contributed by atoms with Crippen molar-refractivity contribution in [1.29, 1.82) is 0 Å². The molecule has 1 aromatic carbocycles. The number of carbonyl (C=O) groups is 1. The van der Waals surface area contributed by atoms with E-state index in [0.29, 0.717) is 0 Å². The molecule has 16 heavy (non-hydrogen) atoms. The van der Waals surface area contributed by atoms with Gasteiger partial charge in [0.15, 0.2) is 0 Å². The predicted molar refractivity (Wildman–Crippen MR) is 58.7 cm³/mol. The highest BCUT2D eigenvalue weighted by Gasteiger charge is 2.29. The minimum absolute atomic E-state index is 0.127. The molecule has 0 aliphatic carbocycles. The predicted octanol–water partition coefficient (Wildman–Crippen LogP) is 0.390. The molecule has 0 saturated carbocycles. The fourth-order valence-electron chi connectivity index (χ4n) is 1.62. The number of rotatable bonds is 1. The molecule has 1 amide bonds. The van der Waals surface area contributed by atoms with E-state index < -0.39 is 22.2 Å². The first kappa shape index (κ1) is 11.1. The van der Waals surface area contributed by atoms with E-state index in [1.165, 1.54) is 0 Å². The second-order valence-corrected chi connectivity index (χ2v) is 5.26. The summed E-state index contributed by atoms with van der Waals surface area (Å²) in [6.45, 7) is 1.95. The van der Waals surface area contributed by atoms with Gasteiger partial charge >= 0.3 is 10.2 Å². The van der Waals surface area contributed by atoms with Gasteiger partial charge in [0.25, 0.3) is 0 Å². The highest BCUT2D eigenvalue weighted by molar-refractivity contribution is 7.88. The van der Waals surface area contributed by atoms with Gasteiger partial charge in [-0.05, 0) is 12.5 Å². The zero-order valence-corrected chi connectivity index (χ0v) is 9.54. The molecule has 86 valence electrons. The topological polar surface area (TPSA) is 75.3 Å². The molecule has 1 aromatic rings. The molecule has 0 bridgehead atoms. The zero-order valence-electron chi connectivity index (χ0n) is 8.73. The third-order valence-corrected chi connectivity index (χ3v) is 3.51. The van der Waals surface area contributed by atoms with Crippen molar-refractivity contribution in [2.45, 2.75) is 19.4 Å². The lowest BCUT2D eigenvalue weighted by molar-refractivity contribution is -0.120. The van der Waals surface area contributed by atoms with E-state index in [1.807, 2.05) is 35.9 Å². The summed E-state index contributed by atoms with van der Waals surface area (Å²) in [6, 6.07) is 6.94. The van der Waals surface area contributed by atoms with Gasteiger partial charge in [0.05, 0.1) is 6.04 Å². The molecule has 5 nitrogen and oxygen atoms in total. The second-order valence-electron chi connectivity index (χ2n) is 3.81. The van der Waals surface area contributed by atoms with E-state index in [0.717, 1.165) is 11.1 Å². The number of benzene rings is 1. The minimum atomic E-state index is -3.69. The monoisotopic (exact) mass is 240 g/mol. The number of aryl methyl sites for hydroxylation is 1. The van der Waals surface area contributed by atoms with Crippen molar-refractivity contribution in [3.05, 3.63) is 35.4 Å². The number of carbonyl (C=O) groups excluding carboxylic acids is 1. The minimum Gasteiger partial charge on any atom is -0.274 e. The Morgan fingerprint density at radius 1 is 1.25 bits per heavy atom. The molecule has 0 spiro atoms. The summed E-state index contributed by atoms with van der Waals surface area (Å²) >= 11 is 0. The Balaban J connectivity index is 2.28. The highest BCUT2D eigenvalue weighted by atomic mass is 32.2. The van der Waals surface area contributed by atoms with Crippen molar-refractivity contribution in [1.82, 2.24) is 9.44 Å². The van der Waals surface area contributed by atoms with Gasteiger partial charge in [-0.1, -0.05) is 29.8 Å². The molecule has 1 aliphatic heterocycles. The lowest BCUT2D eigenvalue weighted by atomic mass is 10.0. The molecule has 2 N–H and O–H groups in total. The molecule has 1 aliphatic rings. The van der Waals surface area contributed by atoms with Crippen LogP contribution in [0, 0.1) is 6.92 Å². The molecular formula is C10H12N2O3S. The van der Waals surface area contributed by atoms with Crippen molar-refractivity contribution in [3.63, 3.8) is 0 Å². The fraction of sp³-hybridized carbons (Fsp3) is 0.300. The molecule has 2 rings (SSSR count). The first-order valence-corrected chi connectivity index (χ1v) is 6.34. The van der Waals surface area contributed by atoms with Crippen molar-refractivity contribution >= 4 is 16.1 Å². The van der Waals surface area contributed by atoms with Crippen LogP contribution in [0.15, 0.2) is 24.3 Å². The van der Waals surface area contributed by atoms with Crippen LogP contribution in [0.2, 0.25) is 0 Å². The van der Waals surface area contributed by atoms with E-state index in [4.69, 9.17) is 0 Å². The quantitative estimate of drug-likeness (QED) is 0.745. The van der Waals surface area contributed by atoms with E-state index in [-0.39, 0.29) is 6.42 Å². The lowest BCUT2D eigenvalue weighted by Crippen LogP contribution is -2.48. The van der Waals surface area contributed by atoms with Gasteiger partial charge in [-0.3, -0.25) is 4.79 Å². The molecule has 1 unspecified atom stereocenters. The van der Waals surface area contributed by atoms with Gasteiger partial charge in [0.2, 0.25) is 5.91 Å². The molecule has 1 heterocycles. The van der Waals surface area contributed by atoms with Crippen molar-refractivity contribution in [2.75, 3.05) is 0 Å². The maximum absolute atomic E-state index is 11.3. The Kier molecular flexibility index (Phi) is 2.69. The Morgan fingerprint density at radius 3 is 2.44 bits per heavy atom. The van der Waals surface area contributed by atoms with Gasteiger partial charge in [0, 0.05) is 6.42 Å². The summed E-state index contributed by atoms with van der Waals surface area (Å²) in [5, 5.41) is 0. The number of amides is 1. The van der Waals surface area contributed by atoms with Gasteiger partial charge in [-0.15, -0.1) is 0 Å². The van der Waals surface area contributed by atoms with Gasteiger partial charge in [-0.25, -0.2) is 4.72 Å². The molecule has 1 fully saturated rings. The summed E-state index contributed by atoms with van der Waals surface area (Å²) in [4.78, 5) is 11.2. The maximum Gasteiger partial charge on any atom is 0.301 e. The standard InChI is InChI=1S/C10H12N2O3S/c1-7-2-4-8(5-3-7)9-6-10(13)12-16(14,15)11-9/h2-5,9,11H,6H2,1H3,(H,12,13). The first-order valence-electron chi connectivity index (χ1n) is 4.86. The third-order valence-electron chi connectivity index (χ3n) is 2.41. The lowest BCUT2D eigenvalue weighted by Gasteiger charge is -2.23. The van der Waals surface area contributed by atoms with Crippen LogP contribution in [-0.4, -0.2) is 14.3 Å². The third kappa shape index (κ3) is 2.40. The summed E-state index contributed by atoms with van der Waals surface area (Å²) in [6.07, 6.45) is 0.127.